The number of allylic oxidation sites excluding steroid dienone is 2. The monoisotopic (exact) mass is 582 g/mol. The highest BCUT2D eigenvalue weighted by molar-refractivity contribution is 5.92. The number of pyridine rings is 1. The van der Waals surface area contributed by atoms with Gasteiger partial charge in [0, 0.05) is 62.5 Å². The normalized spacial score (nSPS) is 18.0. The second-order valence-corrected chi connectivity index (χ2v) is 12.1. The molecule has 7 nitrogen and oxygen atoms in total. The Labute approximate surface area is 243 Å². The average Bonchev–Trinajstić information content (AvgIpc) is 3.40. The van der Waals surface area contributed by atoms with Crippen LogP contribution in [0.4, 0.5) is 18.9 Å². The highest BCUT2D eigenvalue weighted by Crippen LogP contribution is 2.43. The Morgan fingerprint density at radius 2 is 1.93 bits per heavy atom. The number of nitrogens with zero attached hydrogens (tertiary/aromatic N) is 3. The number of H-pyrrole nitrogens is 1. The van der Waals surface area contributed by atoms with E-state index in [1.165, 1.54) is 5.57 Å². The van der Waals surface area contributed by atoms with Gasteiger partial charge in [0.15, 0.2) is 0 Å². The predicted molar refractivity (Wildman–Crippen MR) is 157 cm³/mol. The van der Waals surface area contributed by atoms with E-state index in [0.717, 1.165) is 74.3 Å². The summed E-state index contributed by atoms with van der Waals surface area (Å²) in [6.07, 6.45) is 0.875. The number of piperazine rings is 1. The Kier molecular flexibility index (Phi) is 8.37. The van der Waals surface area contributed by atoms with Gasteiger partial charge in [-0.25, -0.2) is 9.78 Å². The molecule has 1 saturated heterocycles. The van der Waals surface area contributed by atoms with Crippen LogP contribution in [0.2, 0.25) is 0 Å². The van der Waals surface area contributed by atoms with Crippen molar-refractivity contribution in [3.05, 3.63) is 71.6 Å². The molecule has 0 spiro atoms. The summed E-state index contributed by atoms with van der Waals surface area (Å²) in [6.45, 7) is 12.1. The molecule has 224 valence electrons. The highest BCUT2D eigenvalue weighted by Gasteiger charge is 2.32. The zero-order valence-electron chi connectivity index (χ0n) is 24.1. The minimum absolute atomic E-state index is 0.0457. The second kappa shape index (κ2) is 11.8. The molecule has 0 unspecified atom stereocenters. The van der Waals surface area contributed by atoms with Crippen molar-refractivity contribution in [1.29, 1.82) is 0 Å². The van der Waals surface area contributed by atoms with Gasteiger partial charge in [0.2, 0.25) is 0 Å². The largest absolute Gasteiger partial charge is 0.478 e. The standard InChI is InChI=1S/C32H37F3N4O3/c1-21(6-10-32(33,34)35)27-18-31(2,3)9-7-23(27)20-38-12-14-39(15-13-38)24-4-5-26(30(40)41)28(17-24)42-25-16-22-8-11-36-29(22)37-19-25/h4-5,8,11,16-17,19H,1,6-7,9-10,12-15,18,20H2,2-3H3,(H,36,37)(H,40,41). The summed E-state index contributed by atoms with van der Waals surface area (Å²) < 4.78 is 44.7. The van der Waals surface area contributed by atoms with E-state index in [1.54, 1.807) is 30.6 Å². The molecule has 2 aromatic heterocycles. The zero-order valence-corrected chi connectivity index (χ0v) is 24.1. The highest BCUT2D eigenvalue weighted by atomic mass is 19.4. The topological polar surface area (TPSA) is 81.7 Å². The van der Waals surface area contributed by atoms with Crippen LogP contribution in [0.1, 0.15) is 56.3 Å². The number of hydrogen-bond acceptors (Lipinski definition) is 5. The summed E-state index contributed by atoms with van der Waals surface area (Å²) in [6, 6.07) is 8.80. The lowest BCUT2D eigenvalue weighted by Crippen LogP contribution is -2.47. The van der Waals surface area contributed by atoms with Gasteiger partial charge in [0.25, 0.3) is 0 Å². The summed E-state index contributed by atoms with van der Waals surface area (Å²) in [4.78, 5) is 23.8. The fraction of sp³-hybridized carbons (Fsp3) is 0.438. The Hall–Kier alpha value is -3.79. The molecule has 3 aromatic rings. The third kappa shape index (κ3) is 7.15. The number of ether oxygens (including phenoxy) is 1. The molecule has 0 bridgehead atoms. The van der Waals surface area contributed by atoms with Crippen molar-refractivity contribution >= 4 is 22.7 Å². The first-order valence-electron chi connectivity index (χ1n) is 14.3. The quantitative estimate of drug-likeness (QED) is 0.271. The number of benzene rings is 1. The van der Waals surface area contributed by atoms with Crippen molar-refractivity contribution in [2.24, 2.45) is 5.41 Å². The van der Waals surface area contributed by atoms with E-state index in [9.17, 15) is 23.1 Å². The molecule has 0 atom stereocenters. The van der Waals surface area contributed by atoms with Crippen LogP contribution in [-0.2, 0) is 0 Å². The van der Waals surface area contributed by atoms with Gasteiger partial charge in [-0.05, 0) is 60.9 Å². The minimum Gasteiger partial charge on any atom is -0.478 e. The summed E-state index contributed by atoms with van der Waals surface area (Å²) >= 11 is 0. The van der Waals surface area contributed by atoms with Crippen LogP contribution in [0.25, 0.3) is 11.0 Å². The molecule has 42 heavy (non-hydrogen) atoms. The zero-order chi connectivity index (χ0) is 30.1. The molecule has 10 heteroatoms. The maximum Gasteiger partial charge on any atom is 0.389 e. The lowest BCUT2D eigenvalue weighted by molar-refractivity contribution is -0.133. The summed E-state index contributed by atoms with van der Waals surface area (Å²) in [5.74, 6) is -0.382. The number of alkyl halides is 3. The first-order valence-corrected chi connectivity index (χ1v) is 14.3. The first kappa shape index (κ1) is 29.7. The number of carboxylic acid groups (broad SMARTS) is 1. The van der Waals surface area contributed by atoms with Gasteiger partial charge in [0.1, 0.15) is 22.7 Å². The molecule has 1 aliphatic carbocycles. The third-order valence-electron chi connectivity index (χ3n) is 8.27. The Morgan fingerprint density at radius 1 is 1.17 bits per heavy atom. The lowest BCUT2D eigenvalue weighted by Gasteiger charge is -2.39. The molecular weight excluding hydrogens is 545 g/mol. The van der Waals surface area contributed by atoms with Crippen molar-refractivity contribution in [3.8, 4) is 11.5 Å². The lowest BCUT2D eigenvalue weighted by atomic mass is 9.72. The van der Waals surface area contributed by atoms with Crippen molar-refractivity contribution in [2.45, 2.75) is 52.1 Å². The fourth-order valence-electron chi connectivity index (χ4n) is 5.83. The summed E-state index contributed by atoms with van der Waals surface area (Å²) in [5, 5.41) is 10.6. The number of aromatic carboxylic acids is 1. The van der Waals surface area contributed by atoms with E-state index < -0.39 is 18.6 Å². The van der Waals surface area contributed by atoms with Crippen LogP contribution in [0.5, 0.6) is 11.5 Å². The average molecular weight is 583 g/mol. The number of fused-ring (bicyclic) bond motifs is 1. The summed E-state index contributed by atoms with van der Waals surface area (Å²) in [5.41, 5.74) is 4.55. The van der Waals surface area contributed by atoms with Crippen LogP contribution >= 0.6 is 0 Å². The van der Waals surface area contributed by atoms with Crippen molar-refractivity contribution in [1.82, 2.24) is 14.9 Å². The Morgan fingerprint density at radius 3 is 2.64 bits per heavy atom. The number of hydrogen-bond donors (Lipinski definition) is 2. The SMILES string of the molecule is C=C(CCC(F)(F)F)C1=C(CN2CCN(c3ccc(C(=O)O)c(Oc4cnc5[nH]ccc5c4)c3)CC2)CCC(C)(C)C1. The number of carbonyl (C=O) groups is 1. The third-order valence-corrected chi connectivity index (χ3v) is 8.27. The number of nitrogens with one attached hydrogen (secondary N) is 1. The number of rotatable bonds is 9. The molecule has 3 heterocycles. The number of carboxylic acids is 1. The van der Waals surface area contributed by atoms with E-state index in [-0.39, 0.29) is 23.1 Å². The van der Waals surface area contributed by atoms with E-state index in [4.69, 9.17) is 4.74 Å². The Balaban J connectivity index is 1.27. The number of halogens is 3. The Bertz CT molecular complexity index is 1500. The minimum atomic E-state index is -4.19. The molecular formula is C32H37F3N4O3. The molecule has 1 aromatic carbocycles. The van der Waals surface area contributed by atoms with Crippen LogP contribution in [0.15, 0.2) is 66.0 Å². The van der Waals surface area contributed by atoms with Crippen LogP contribution in [-0.4, -0.2) is 64.8 Å². The van der Waals surface area contributed by atoms with Crippen LogP contribution < -0.4 is 9.64 Å². The van der Waals surface area contributed by atoms with Crippen LogP contribution in [0.3, 0.4) is 0 Å². The molecule has 2 aliphatic rings. The number of anilines is 1. The molecule has 0 radical (unpaired) electrons. The van der Waals surface area contributed by atoms with Crippen molar-refractivity contribution in [3.63, 3.8) is 0 Å². The van der Waals surface area contributed by atoms with Gasteiger partial charge >= 0.3 is 12.1 Å². The molecule has 1 aliphatic heterocycles. The van der Waals surface area contributed by atoms with E-state index in [2.05, 4.69) is 40.2 Å². The molecule has 0 saturated carbocycles. The van der Waals surface area contributed by atoms with Gasteiger partial charge in [0.05, 0.1) is 6.20 Å². The smallest absolute Gasteiger partial charge is 0.389 e. The maximum atomic E-state index is 12.9. The second-order valence-electron chi connectivity index (χ2n) is 12.1. The molecule has 1 fully saturated rings. The van der Waals surface area contributed by atoms with Crippen molar-refractivity contribution in [2.75, 3.05) is 37.6 Å². The maximum absolute atomic E-state index is 12.9. The van der Waals surface area contributed by atoms with Crippen LogP contribution in [0, 0.1) is 5.41 Å². The molecule has 2 N–H and O–H groups in total. The van der Waals surface area contributed by atoms with Gasteiger partial charge < -0.3 is 19.7 Å². The summed E-state index contributed by atoms with van der Waals surface area (Å²) in [7, 11) is 0. The molecule has 5 rings (SSSR count). The van der Waals surface area contributed by atoms with Gasteiger partial charge in [-0.2, -0.15) is 13.2 Å². The van der Waals surface area contributed by atoms with E-state index in [0.29, 0.717) is 11.3 Å². The van der Waals surface area contributed by atoms with Gasteiger partial charge in [-0.3, -0.25) is 4.90 Å². The van der Waals surface area contributed by atoms with Gasteiger partial charge in [-0.15, -0.1) is 0 Å². The van der Waals surface area contributed by atoms with Crippen molar-refractivity contribution < 1.29 is 27.8 Å². The first-order chi connectivity index (χ1) is 19.9. The number of aromatic amines is 1. The van der Waals surface area contributed by atoms with E-state index >= 15 is 0 Å². The number of aromatic nitrogens is 2. The predicted octanol–water partition coefficient (Wildman–Crippen LogP) is 7.58. The van der Waals surface area contributed by atoms with E-state index in [1.807, 2.05) is 12.1 Å². The molecule has 0 amide bonds. The van der Waals surface area contributed by atoms with Gasteiger partial charge in [-0.1, -0.05) is 31.6 Å². The fourth-order valence-corrected chi connectivity index (χ4v) is 5.83.